The smallest absolute Gasteiger partial charge is 0.233 e. The second-order valence-corrected chi connectivity index (χ2v) is 7.81. The number of carbonyl (C=O) groups is 1. The lowest BCUT2D eigenvalue weighted by Crippen LogP contribution is -2.41. The van der Waals surface area contributed by atoms with Crippen LogP contribution in [-0.2, 0) is 9.53 Å². The van der Waals surface area contributed by atoms with Crippen molar-refractivity contribution in [2.75, 3.05) is 32.1 Å². The first kappa shape index (κ1) is 17.4. The first-order valence-corrected chi connectivity index (χ1v) is 10.00. The number of rotatable bonds is 4. The summed E-state index contributed by atoms with van der Waals surface area (Å²) < 4.78 is 19.4. The number of halogens is 1. The van der Waals surface area contributed by atoms with E-state index in [1.54, 1.807) is 23.5 Å². The molecule has 0 N–H and O–H groups in total. The van der Waals surface area contributed by atoms with Gasteiger partial charge in [0.25, 0.3) is 0 Å². The van der Waals surface area contributed by atoms with Crippen molar-refractivity contribution in [3.05, 3.63) is 42.5 Å². The van der Waals surface area contributed by atoms with Gasteiger partial charge >= 0.3 is 0 Å². The second-order valence-electron chi connectivity index (χ2n) is 5.79. The zero-order chi connectivity index (χ0) is 17.9. The summed E-state index contributed by atoms with van der Waals surface area (Å²) in [5.74, 6) is 0.184. The molecule has 3 heterocycles. The largest absolute Gasteiger partial charge is 0.378 e. The maximum atomic E-state index is 13.1. The lowest BCUT2D eigenvalue weighted by Gasteiger charge is -2.26. The molecule has 4 rings (SSSR count). The van der Waals surface area contributed by atoms with E-state index in [4.69, 9.17) is 4.74 Å². The molecule has 0 saturated carbocycles. The molecule has 1 aliphatic rings. The molecule has 0 aliphatic carbocycles. The van der Waals surface area contributed by atoms with Gasteiger partial charge in [-0.1, -0.05) is 23.9 Å². The Bertz CT molecular complexity index is 924. The van der Waals surface area contributed by atoms with Crippen LogP contribution in [0.25, 0.3) is 20.7 Å². The minimum Gasteiger partial charge on any atom is -0.378 e. The third-order valence-corrected chi connectivity index (χ3v) is 6.39. The monoisotopic (exact) mass is 389 g/mol. The Balaban J connectivity index is 1.53. The van der Waals surface area contributed by atoms with Gasteiger partial charge in [-0.2, -0.15) is 0 Å². The number of carbonyl (C=O) groups excluding carboxylic acids is 1. The van der Waals surface area contributed by atoms with Gasteiger partial charge in [-0.15, -0.1) is 11.3 Å². The first-order chi connectivity index (χ1) is 12.7. The summed E-state index contributed by atoms with van der Waals surface area (Å²) in [5, 5.41) is 0.801. The molecule has 1 amide bonds. The van der Waals surface area contributed by atoms with Gasteiger partial charge in [0.2, 0.25) is 5.91 Å². The molecule has 26 heavy (non-hydrogen) atoms. The number of aromatic nitrogens is 2. The van der Waals surface area contributed by atoms with Crippen LogP contribution < -0.4 is 0 Å². The van der Waals surface area contributed by atoms with Crippen LogP contribution in [0.5, 0.6) is 0 Å². The molecule has 1 aliphatic heterocycles. The van der Waals surface area contributed by atoms with Crippen LogP contribution in [0.15, 0.2) is 41.7 Å². The molecule has 1 saturated heterocycles. The summed E-state index contributed by atoms with van der Waals surface area (Å²) in [7, 11) is 0. The number of thiophene rings is 1. The Morgan fingerprint density at radius 2 is 2.00 bits per heavy atom. The summed E-state index contributed by atoms with van der Waals surface area (Å²) in [5.41, 5.74) is 1.78. The van der Waals surface area contributed by atoms with Crippen LogP contribution in [0.1, 0.15) is 0 Å². The topological polar surface area (TPSA) is 55.3 Å². The minimum absolute atomic E-state index is 0.0976. The number of ether oxygens (including phenoxy) is 1. The molecule has 2 aromatic heterocycles. The number of nitrogens with zero attached hydrogens (tertiary/aromatic N) is 3. The van der Waals surface area contributed by atoms with Crippen LogP contribution in [0.2, 0.25) is 0 Å². The van der Waals surface area contributed by atoms with Gasteiger partial charge in [-0.25, -0.2) is 14.4 Å². The van der Waals surface area contributed by atoms with E-state index in [0.717, 1.165) is 25.7 Å². The van der Waals surface area contributed by atoms with Crippen LogP contribution in [-0.4, -0.2) is 52.8 Å². The van der Waals surface area contributed by atoms with Crippen molar-refractivity contribution in [3.63, 3.8) is 0 Å². The molecule has 1 aromatic carbocycles. The molecule has 0 unspecified atom stereocenters. The molecule has 0 bridgehead atoms. The van der Waals surface area contributed by atoms with E-state index in [2.05, 4.69) is 9.97 Å². The number of benzene rings is 1. The summed E-state index contributed by atoms with van der Waals surface area (Å²) >= 11 is 2.99. The van der Waals surface area contributed by atoms with Gasteiger partial charge in [0, 0.05) is 18.0 Å². The molecule has 0 atom stereocenters. The third kappa shape index (κ3) is 3.72. The predicted molar refractivity (Wildman–Crippen MR) is 101 cm³/mol. The van der Waals surface area contributed by atoms with Crippen LogP contribution >= 0.6 is 23.1 Å². The molecular formula is C18H16FN3O2S2. The van der Waals surface area contributed by atoms with Crippen molar-refractivity contribution in [3.8, 4) is 10.4 Å². The highest BCUT2D eigenvalue weighted by molar-refractivity contribution is 8.00. The fraction of sp³-hybridized carbons (Fsp3) is 0.278. The van der Waals surface area contributed by atoms with Crippen LogP contribution in [0.3, 0.4) is 0 Å². The molecule has 0 spiro atoms. The van der Waals surface area contributed by atoms with Crippen molar-refractivity contribution in [2.24, 2.45) is 0 Å². The summed E-state index contributed by atoms with van der Waals surface area (Å²) in [6.45, 7) is 2.48. The molecule has 0 radical (unpaired) electrons. The molecule has 3 aromatic rings. The van der Waals surface area contributed by atoms with E-state index in [1.807, 2.05) is 11.0 Å². The Hall–Kier alpha value is -2.03. The Kier molecular flexibility index (Phi) is 5.14. The Labute approximate surface area is 158 Å². The zero-order valence-corrected chi connectivity index (χ0v) is 15.5. The SMILES string of the molecule is O=C(CSc1ncnc2cc(-c3ccc(F)cc3)sc12)N1CCOCC1. The van der Waals surface area contributed by atoms with Crippen molar-refractivity contribution in [2.45, 2.75) is 5.03 Å². The number of morpholine rings is 1. The maximum absolute atomic E-state index is 13.1. The highest BCUT2D eigenvalue weighted by atomic mass is 32.2. The molecule has 134 valence electrons. The fourth-order valence-corrected chi connectivity index (χ4v) is 4.83. The fourth-order valence-electron chi connectivity index (χ4n) is 2.73. The summed E-state index contributed by atoms with van der Waals surface area (Å²) in [4.78, 5) is 23.8. The predicted octanol–water partition coefficient (Wildman–Crippen LogP) is 3.45. The van der Waals surface area contributed by atoms with Gasteiger partial charge in [0.05, 0.1) is 29.2 Å². The molecule has 1 fully saturated rings. The van der Waals surface area contributed by atoms with Gasteiger partial charge in [-0.05, 0) is 23.8 Å². The lowest BCUT2D eigenvalue weighted by atomic mass is 10.2. The van der Waals surface area contributed by atoms with Crippen molar-refractivity contribution in [1.29, 1.82) is 0 Å². The van der Waals surface area contributed by atoms with Crippen molar-refractivity contribution < 1.29 is 13.9 Å². The number of hydrogen-bond acceptors (Lipinski definition) is 6. The van der Waals surface area contributed by atoms with Gasteiger partial charge in [-0.3, -0.25) is 4.79 Å². The van der Waals surface area contributed by atoms with Gasteiger partial charge in [0.15, 0.2) is 0 Å². The zero-order valence-electron chi connectivity index (χ0n) is 13.9. The summed E-state index contributed by atoms with van der Waals surface area (Å²) in [6, 6.07) is 8.37. The van der Waals surface area contributed by atoms with E-state index in [9.17, 15) is 9.18 Å². The average molecular weight is 389 g/mol. The quantitative estimate of drug-likeness (QED) is 0.505. The van der Waals surface area contributed by atoms with Crippen molar-refractivity contribution in [1.82, 2.24) is 14.9 Å². The van der Waals surface area contributed by atoms with Gasteiger partial charge in [0.1, 0.15) is 17.2 Å². The Morgan fingerprint density at radius 3 is 2.77 bits per heavy atom. The maximum Gasteiger partial charge on any atom is 0.233 e. The highest BCUT2D eigenvalue weighted by Crippen LogP contribution is 2.36. The first-order valence-electron chi connectivity index (χ1n) is 8.19. The number of hydrogen-bond donors (Lipinski definition) is 0. The number of thioether (sulfide) groups is 1. The standard InChI is InChI=1S/C18H16FN3O2S2/c19-13-3-1-12(2-4-13)15-9-14-17(26-15)18(21-11-20-14)25-10-16(23)22-5-7-24-8-6-22/h1-4,9,11H,5-8,10H2. The van der Waals surface area contributed by atoms with E-state index in [0.29, 0.717) is 32.1 Å². The van der Waals surface area contributed by atoms with E-state index in [-0.39, 0.29) is 11.7 Å². The number of amides is 1. The van der Waals surface area contributed by atoms with Crippen molar-refractivity contribution >= 4 is 39.2 Å². The highest BCUT2D eigenvalue weighted by Gasteiger charge is 2.18. The van der Waals surface area contributed by atoms with E-state index >= 15 is 0 Å². The molecule has 5 nitrogen and oxygen atoms in total. The summed E-state index contributed by atoms with van der Waals surface area (Å²) in [6.07, 6.45) is 1.52. The third-order valence-electron chi connectivity index (χ3n) is 4.10. The van der Waals surface area contributed by atoms with Crippen LogP contribution in [0, 0.1) is 5.82 Å². The second kappa shape index (κ2) is 7.69. The van der Waals surface area contributed by atoms with E-state index < -0.39 is 0 Å². The minimum atomic E-state index is -0.257. The number of fused-ring (bicyclic) bond motifs is 1. The Morgan fingerprint density at radius 1 is 1.23 bits per heavy atom. The average Bonchev–Trinajstić information content (AvgIpc) is 3.12. The normalized spacial score (nSPS) is 14.7. The molecular weight excluding hydrogens is 373 g/mol. The molecule has 8 heteroatoms. The van der Waals surface area contributed by atoms with Gasteiger partial charge < -0.3 is 9.64 Å². The van der Waals surface area contributed by atoms with Crippen LogP contribution in [0.4, 0.5) is 4.39 Å². The lowest BCUT2D eigenvalue weighted by molar-refractivity contribution is -0.132. The van der Waals surface area contributed by atoms with E-state index in [1.165, 1.54) is 30.2 Å².